The Bertz CT molecular complexity index is 6.00. The largest absolute Gasteiger partial charge is 0.344 e. The molecule has 4 heavy (non-hydrogen) atoms. The summed E-state index contributed by atoms with van der Waals surface area (Å²) in [5.74, 6) is 0. The first kappa shape index (κ1) is 482. The molecule has 4 heteroatoms. The molecule has 0 fully saturated rings. The van der Waals surface area contributed by atoms with E-state index in [0.717, 1.165) is 0 Å². The zero-order valence-corrected chi connectivity index (χ0v) is 2.83. The second-order valence-electron chi connectivity index (χ2n) is 0. The van der Waals surface area contributed by atoms with Crippen LogP contribution in [0.5, 0.6) is 0 Å². The van der Waals surface area contributed by atoms with E-state index in [0.29, 0.717) is 0 Å². The summed E-state index contributed by atoms with van der Waals surface area (Å²) < 4.78 is 0. The molecule has 0 heterocycles. The monoisotopic (exact) mass is 115 g/mol. The molecule has 3 N–H and O–H groups in total. The van der Waals surface area contributed by atoms with Crippen molar-refractivity contribution in [3.05, 3.63) is 0 Å². The molecule has 0 atom stereocenters. The molecule has 1 nitrogen and oxygen atoms in total. The van der Waals surface area contributed by atoms with Crippen LogP contribution in [0.4, 0.5) is 9.41 Å². The van der Waals surface area contributed by atoms with Gasteiger partial charge in [-0.2, -0.15) is 0 Å². The third-order valence-corrected chi connectivity index (χ3v) is 0. The van der Waals surface area contributed by atoms with E-state index in [1.54, 1.807) is 0 Å². The van der Waals surface area contributed by atoms with Crippen molar-refractivity contribution < 1.29 is 25.9 Å². The van der Waals surface area contributed by atoms with Crippen LogP contribution in [0.15, 0.2) is 0 Å². The van der Waals surface area contributed by atoms with Crippen molar-refractivity contribution in [2.75, 3.05) is 0 Å². The van der Waals surface area contributed by atoms with Crippen LogP contribution in [-0.4, -0.2) is 0 Å². The Hall–Kier alpha value is 0.314. The molecule has 0 aliphatic carbocycles. The second kappa shape index (κ2) is 180. The maximum Gasteiger partial charge on any atom is 0 e. The normalized spacial score (nSPS) is 0. The van der Waals surface area contributed by atoms with Gasteiger partial charge in [0.2, 0.25) is 0 Å². The molecule has 0 bridgehead atoms. The summed E-state index contributed by atoms with van der Waals surface area (Å²) in [4.78, 5) is 0. The molecule has 0 amide bonds. The molecule has 0 saturated carbocycles. The SMILES string of the molecule is F.F.N.[Ni]. The Labute approximate surface area is 33.0 Å². The second-order valence-corrected chi connectivity index (χ2v) is 0. The molecule has 0 saturated heterocycles. The average Bonchev–Trinajstić information content (AvgIpc) is 0. The Morgan fingerprint density at radius 3 is 0.750 bits per heavy atom. The predicted octanol–water partition coefficient (Wildman–Crippen LogP) is 0.465. The Morgan fingerprint density at radius 2 is 0.750 bits per heavy atom. The summed E-state index contributed by atoms with van der Waals surface area (Å²) in [5, 5.41) is 0. The van der Waals surface area contributed by atoms with Gasteiger partial charge in [-0.1, -0.05) is 0 Å². The Kier molecular flexibility index (Phi) is 21700. The molecular formula is H5F2NNi. The summed E-state index contributed by atoms with van der Waals surface area (Å²) in [5.41, 5.74) is 0. The van der Waals surface area contributed by atoms with Gasteiger partial charge in [0.05, 0.1) is 0 Å². The van der Waals surface area contributed by atoms with Gasteiger partial charge < -0.3 is 6.15 Å². The van der Waals surface area contributed by atoms with Gasteiger partial charge in [-0.3, -0.25) is 9.41 Å². The molecule has 0 aromatic carbocycles. The van der Waals surface area contributed by atoms with Gasteiger partial charge >= 0.3 is 0 Å². The van der Waals surface area contributed by atoms with E-state index < -0.39 is 0 Å². The van der Waals surface area contributed by atoms with E-state index in [1.807, 2.05) is 0 Å². The number of rotatable bonds is 0. The van der Waals surface area contributed by atoms with Crippen molar-refractivity contribution in [1.82, 2.24) is 6.15 Å². The molecule has 0 spiro atoms. The first-order chi connectivity index (χ1) is 0. The van der Waals surface area contributed by atoms with Crippen LogP contribution in [0.25, 0.3) is 0 Å². The molecule has 0 aliphatic heterocycles. The first-order valence-corrected chi connectivity index (χ1v) is 0. The van der Waals surface area contributed by atoms with Gasteiger partial charge in [0, 0.05) is 16.5 Å². The predicted molar refractivity (Wildman–Crippen MR) is 10.0 cm³/mol. The molecule has 0 aromatic rings. The average molecular weight is 116 g/mol. The van der Waals surface area contributed by atoms with Crippen molar-refractivity contribution in [3.63, 3.8) is 0 Å². The van der Waals surface area contributed by atoms with E-state index in [2.05, 4.69) is 0 Å². The third-order valence-electron chi connectivity index (χ3n) is 0. The minimum absolute atomic E-state index is 0. The van der Waals surface area contributed by atoms with Crippen LogP contribution in [-0.2, 0) is 16.5 Å². The van der Waals surface area contributed by atoms with Gasteiger partial charge in [-0.25, -0.2) is 0 Å². The number of halogens is 2. The van der Waals surface area contributed by atoms with Crippen LogP contribution in [0.3, 0.4) is 0 Å². The minimum Gasteiger partial charge on any atom is -0.344 e. The molecule has 34 valence electrons. The Morgan fingerprint density at radius 1 is 0.750 bits per heavy atom. The third kappa shape index (κ3) is 40.6. The summed E-state index contributed by atoms with van der Waals surface area (Å²) in [6.07, 6.45) is 0. The number of hydrogen-bond acceptors (Lipinski definition) is 1. The fourth-order valence-corrected chi connectivity index (χ4v) is 0. The smallest absolute Gasteiger partial charge is 0 e. The standard InChI is InChI=1S/2FH.H3N.Ni/h2*1H;1H3;. The van der Waals surface area contributed by atoms with Gasteiger partial charge in [0.15, 0.2) is 0 Å². The fourth-order valence-electron chi connectivity index (χ4n) is 0. The summed E-state index contributed by atoms with van der Waals surface area (Å²) in [7, 11) is 0. The van der Waals surface area contributed by atoms with E-state index in [9.17, 15) is 0 Å². The molecule has 0 rings (SSSR count). The van der Waals surface area contributed by atoms with Crippen molar-refractivity contribution in [3.8, 4) is 0 Å². The van der Waals surface area contributed by atoms with Crippen LogP contribution in [0.2, 0.25) is 0 Å². The maximum atomic E-state index is 0. The summed E-state index contributed by atoms with van der Waals surface area (Å²) in [6, 6.07) is 0. The molecule has 0 unspecified atom stereocenters. The van der Waals surface area contributed by atoms with E-state index in [1.165, 1.54) is 0 Å². The maximum absolute atomic E-state index is 0. The van der Waals surface area contributed by atoms with Crippen molar-refractivity contribution >= 4 is 0 Å². The molecular weight excluding hydrogens is 111 g/mol. The van der Waals surface area contributed by atoms with Gasteiger partial charge in [-0.15, -0.1) is 0 Å². The van der Waals surface area contributed by atoms with Gasteiger partial charge in [0.25, 0.3) is 0 Å². The van der Waals surface area contributed by atoms with E-state index >= 15 is 0 Å². The fraction of sp³-hybridized carbons (Fsp3) is 0. The summed E-state index contributed by atoms with van der Waals surface area (Å²) >= 11 is 0. The minimum atomic E-state index is 0. The first-order valence-electron chi connectivity index (χ1n) is 0. The molecule has 0 radical (unpaired) electrons. The zero-order chi connectivity index (χ0) is 0. The van der Waals surface area contributed by atoms with E-state index in [4.69, 9.17) is 0 Å². The van der Waals surface area contributed by atoms with Crippen molar-refractivity contribution in [1.29, 1.82) is 0 Å². The van der Waals surface area contributed by atoms with E-state index in [-0.39, 0.29) is 32.1 Å². The summed E-state index contributed by atoms with van der Waals surface area (Å²) in [6.45, 7) is 0. The van der Waals surface area contributed by atoms with Gasteiger partial charge in [0.1, 0.15) is 0 Å². The topological polar surface area (TPSA) is 35.0 Å². The van der Waals surface area contributed by atoms with Crippen LogP contribution in [0.1, 0.15) is 0 Å². The van der Waals surface area contributed by atoms with Crippen molar-refractivity contribution in [2.45, 2.75) is 0 Å². The zero-order valence-electron chi connectivity index (χ0n) is 1.84. The Balaban J connectivity index is 0. The van der Waals surface area contributed by atoms with Crippen LogP contribution < -0.4 is 6.15 Å². The number of hydrogen-bond donors (Lipinski definition) is 1. The quantitative estimate of drug-likeness (QED) is 0.458. The molecule has 0 aromatic heterocycles. The van der Waals surface area contributed by atoms with Crippen molar-refractivity contribution in [2.24, 2.45) is 0 Å². The van der Waals surface area contributed by atoms with Crippen LogP contribution in [0, 0.1) is 0 Å². The van der Waals surface area contributed by atoms with Gasteiger partial charge in [-0.05, 0) is 0 Å². The molecule has 0 aliphatic rings. The van der Waals surface area contributed by atoms with Crippen LogP contribution >= 0.6 is 0 Å².